The molecule has 1 heterocycles. The Bertz CT molecular complexity index is 741. The number of thioether (sulfide) groups is 1. The van der Waals surface area contributed by atoms with Crippen molar-refractivity contribution in [2.24, 2.45) is 0 Å². The molecule has 0 N–H and O–H groups in total. The van der Waals surface area contributed by atoms with Gasteiger partial charge in [-0.1, -0.05) is 36.0 Å². The Labute approximate surface area is 123 Å². The maximum Gasteiger partial charge on any atom is 0.200 e. The van der Waals surface area contributed by atoms with Crippen molar-refractivity contribution in [1.29, 1.82) is 0 Å². The van der Waals surface area contributed by atoms with E-state index in [9.17, 15) is 4.79 Å². The molecule has 3 rings (SSSR count). The second-order valence-corrected chi connectivity index (χ2v) is 6.24. The highest BCUT2D eigenvalue weighted by Gasteiger charge is 2.25. The molecule has 0 unspecified atom stereocenters. The topological polar surface area (TPSA) is 17.1 Å². The van der Waals surface area contributed by atoms with E-state index in [0.717, 1.165) is 20.9 Å². The first-order valence-corrected chi connectivity index (χ1v) is 7.49. The smallest absolute Gasteiger partial charge is 0.200 e. The molecule has 0 spiro atoms. The molecule has 2 heteroatoms. The molecule has 20 heavy (non-hydrogen) atoms. The monoisotopic (exact) mass is 280 g/mol. The zero-order valence-electron chi connectivity index (χ0n) is 11.9. The second-order valence-electron chi connectivity index (χ2n) is 5.16. The van der Waals surface area contributed by atoms with Gasteiger partial charge in [0.25, 0.3) is 0 Å². The predicted octanol–water partition coefficient (Wildman–Crippen LogP) is 4.94. The summed E-state index contributed by atoms with van der Waals surface area (Å²) in [6, 6.07) is 12.0. The van der Waals surface area contributed by atoms with Crippen LogP contribution in [0, 0.1) is 20.8 Å². The first-order valence-electron chi connectivity index (χ1n) is 6.68. The molecule has 1 aliphatic rings. The number of aryl methyl sites for hydroxylation is 1. The van der Waals surface area contributed by atoms with Crippen molar-refractivity contribution < 1.29 is 4.79 Å². The number of ketones is 1. The van der Waals surface area contributed by atoms with E-state index in [-0.39, 0.29) is 5.78 Å². The van der Waals surface area contributed by atoms with Crippen LogP contribution in [0.4, 0.5) is 0 Å². The molecule has 0 bridgehead atoms. The first-order chi connectivity index (χ1) is 9.58. The van der Waals surface area contributed by atoms with E-state index in [1.54, 1.807) is 11.8 Å². The fourth-order valence-electron chi connectivity index (χ4n) is 2.41. The van der Waals surface area contributed by atoms with Gasteiger partial charge in [-0.3, -0.25) is 4.79 Å². The number of Topliss-reactive ketones (excluding diaryl/α,β-unsaturated/α-hetero) is 1. The Morgan fingerprint density at radius 3 is 2.45 bits per heavy atom. The second kappa shape index (κ2) is 4.95. The molecule has 1 aliphatic heterocycles. The molecular weight excluding hydrogens is 264 g/mol. The van der Waals surface area contributed by atoms with Crippen LogP contribution >= 0.6 is 11.8 Å². The summed E-state index contributed by atoms with van der Waals surface area (Å²) in [5.41, 5.74) is 5.80. The SMILES string of the molecule is Cc1ccc(/C=C2/Sc3ccccc3C2=O)c(C)c1C. The van der Waals surface area contributed by atoms with Gasteiger partial charge in [0.15, 0.2) is 0 Å². The highest BCUT2D eigenvalue weighted by atomic mass is 32.2. The summed E-state index contributed by atoms with van der Waals surface area (Å²) in [6.07, 6.45) is 2.02. The van der Waals surface area contributed by atoms with E-state index in [1.807, 2.05) is 30.3 Å². The van der Waals surface area contributed by atoms with Gasteiger partial charge >= 0.3 is 0 Å². The maximum atomic E-state index is 12.4. The summed E-state index contributed by atoms with van der Waals surface area (Å²) in [4.78, 5) is 14.3. The average molecular weight is 280 g/mol. The largest absolute Gasteiger partial charge is 0.288 e. The number of hydrogen-bond acceptors (Lipinski definition) is 2. The molecule has 0 saturated carbocycles. The van der Waals surface area contributed by atoms with Crippen molar-refractivity contribution >= 4 is 23.6 Å². The van der Waals surface area contributed by atoms with Gasteiger partial charge in [0.05, 0.1) is 4.91 Å². The minimum atomic E-state index is 0.142. The number of carbonyl (C=O) groups is 1. The van der Waals surface area contributed by atoms with Crippen LogP contribution in [0.25, 0.3) is 6.08 Å². The highest BCUT2D eigenvalue weighted by molar-refractivity contribution is 8.04. The van der Waals surface area contributed by atoms with Gasteiger partial charge in [0.1, 0.15) is 0 Å². The van der Waals surface area contributed by atoms with Crippen LogP contribution in [0.2, 0.25) is 0 Å². The summed E-state index contributed by atoms with van der Waals surface area (Å²) >= 11 is 1.57. The molecule has 2 aromatic rings. The normalized spacial score (nSPS) is 15.8. The molecule has 1 nitrogen and oxygen atoms in total. The molecule has 0 fully saturated rings. The molecular formula is C18H16OS. The lowest BCUT2D eigenvalue weighted by atomic mass is 9.98. The van der Waals surface area contributed by atoms with Crippen LogP contribution in [0.15, 0.2) is 46.2 Å². The van der Waals surface area contributed by atoms with E-state index >= 15 is 0 Å². The number of hydrogen-bond donors (Lipinski definition) is 0. The molecule has 0 amide bonds. The summed E-state index contributed by atoms with van der Waals surface area (Å²) in [5.74, 6) is 0.142. The van der Waals surface area contributed by atoms with Gasteiger partial charge in [0, 0.05) is 10.5 Å². The number of benzene rings is 2. The van der Waals surface area contributed by atoms with Crippen molar-refractivity contribution in [2.45, 2.75) is 25.7 Å². The maximum absolute atomic E-state index is 12.4. The fraction of sp³-hybridized carbons (Fsp3) is 0.167. The van der Waals surface area contributed by atoms with Crippen LogP contribution in [0.3, 0.4) is 0 Å². The summed E-state index contributed by atoms with van der Waals surface area (Å²) < 4.78 is 0. The quantitative estimate of drug-likeness (QED) is 0.688. The lowest BCUT2D eigenvalue weighted by Crippen LogP contribution is -1.95. The van der Waals surface area contributed by atoms with Crippen molar-refractivity contribution in [1.82, 2.24) is 0 Å². The fourth-order valence-corrected chi connectivity index (χ4v) is 3.45. The number of allylic oxidation sites excluding steroid dienone is 1. The van der Waals surface area contributed by atoms with E-state index in [0.29, 0.717) is 0 Å². The minimum absolute atomic E-state index is 0.142. The Hall–Kier alpha value is -1.80. The van der Waals surface area contributed by atoms with Crippen LogP contribution in [-0.2, 0) is 0 Å². The Kier molecular flexibility index (Phi) is 3.27. The van der Waals surface area contributed by atoms with Crippen LogP contribution in [-0.4, -0.2) is 5.78 Å². The third-order valence-electron chi connectivity index (χ3n) is 3.96. The lowest BCUT2D eigenvalue weighted by Gasteiger charge is -2.08. The molecule has 0 saturated heterocycles. The zero-order chi connectivity index (χ0) is 14.3. The van der Waals surface area contributed by atoms with Gasteiger partial charge < -0.3 is 0 Å². The van der Waals surface area contributed by atoms with Crippen LogP contribution in [0.5, 0.6) is 0 Å². The zero-order valence-corrected chi connectivity index (χ0v) is 12.7. The first kappa shape index (κ1) is 13.2. The van der Waals surface area contributed by atoms with Gasteiger partial charge in [-0.05, 0) is 61.2 Å². The molecule has 0 aromatic heterocycles. The van der Waals surface area contributed by atoms with Crippen LogP contribution in [0.1, 0.15) is 32.6 Å². The van der Waals surface area contributed by atoms with Gasteiger partial charge in [-0.25, -0.2) is 0 Å². The molecule has 0 radical (unpaired) electrons. The van der Waals surface area contributed by atoms with Gasteiger partial charge in [0.2, 0.25) is 5.78 Å². The summed E-state index contributed by atoms with van der Waals surface area (Å²) in [5, 5.41) is 0. The average Bonchev–Trinajstić information content (AvgIpc) is 2.77. The Balaban J connectivity index is 2.04. The standard InChI is InChI=1S/C18H16OS/c1-11-8-9-14(13(3)12(11)2)10-17-18(19)15-6-4-5-7-16(15)20-17/h4-10H,1-3H3/b17-10+. The molecule has 100 valence electrons. The Morgan fingerprint density at radius 2 is 1.70 bits per heavy atom. The molecule has 0 aliphatic carbocycles. The predicted molar refractivity (Wildman–Crippen MR) is 85.3 cm³/mol. The third-order valence-corrected chi connectivity index (χ3v) is 5.06. The van der Waals surface area contributed by atoms with E-state index in [4.69, 9.17) is 0 Å². The number of rotatable bonds is 1. The Morgan fingerprint density at radius 1 is 0.950 bits per heavy atom. The van der Waals surface area contributed by atoms with Crippen molar-refractivity contribution in [3.05, 3.63) is 69.1 Å². The van der Waals surface area contributed by atoms with Gasteiger partial charge in [-0.15, -0.1) is 0 Å². The highest BCUT2D eigenvalue weighted by Crippen LogP contribution is 2.40. The van der Waals surface area contributed by atoms with E-state index < -0.39 is 0 Å². The minimum Gasteiger partial charge on any atom is -0.288 e. The molecule has 2 aromatic carbocycles. The summed E-state index contributed by atoms with van der Waals surface area (Å²) in [6.45, 7) is 6.36. The van der Waals surface area contributed by atoms with Crippen molar-refractivity contribution in [2.75, 3.05) is 0 Å². The number of carbonyl (C=O) groups excluding carboxylic acids is 1. The van der Waals surface area contributed by atoms with E-state index in [2.05, 4.69) is 32.9 Å². The third kappa shape index (κ3) is 2.10. The van der Waals surface area contributed by atoms with Crippen molar-refractivity contribution in [3.8, 4) is 0 Å². The number of fused-ring (bicyclic) bond motifs is 1. The lowest BCUT2D eigenvalue weighted by molar-refractivity contribution is 0.104. The summed E-state index contributed by atoms with van der Waals surface area (Å²) in [7, 11) is 0. The van der Waals surface area contributed by atoms with E-state index in [1.165, 1.54) is 16.7 Å². The van der Waals surface area contributed by atoms with Crippen molar-refractivity contribution in [3.63, 3.8) is 0 Å². The van der Waals surface area contributed by atoms with Crippen LogP contribution < -0.4 is 0 Å². The molecule has 0 atom stereocenters. The van der Waals surface area contributed by atoms with Gasteiger partial charge in [-0.2, -0.15) is 0 Å².